The first-order valence-electron chi connectivity index (χ1n) is 8.81. The first-order chi connectivity index (χ1) is 14.4. The number of methoxy groups -OCH3 is 3. The minimum Gasteiger partial charge on any atom is -0.493 e. The van der Waals surface area contributed by atoms with Gasteiger partial charge in [-0.05, 0) is 35.9 Å². The molecule has 156 valence electrons. The number of rotatable bonds is 6. The van der Waals surface area contributed by atoms with Crippen LogP contribution in [0.25, 0.3) is 6.08 Å². The van der Waals surface area contributed by atoms with E-state index in [9.17, 15) is 18.8 Å². The molecule has 0 aromatic heterocycles. The Morgan fingerprint density at radius 2 is 1.60 bits per heavy atom. The predicted octanol–water partition coefficient (Wildman–Crippen LogP) is 2.51. The van der Waals surface area contributed by atoms with Crippen LogP contribution in [0.15, 0.2) is 42.0 Å². The molecule has 2 aromatic rings. The van der Waals surface area contributed by atoms with Crippen LogP contribution in [0.5, 0.6) is 17.2 Å². The fourth-order valence-corrected chi connectivity index (χ4v) is 3.00. The van der Waals surface area contributed by atoms with E-state index in [0.29, 0.717) is 16.9 Å². The number of halogens is 1. The quantitative estimate of drug-likeness (QED) is 0.577. The highest BCUT2D eigenvalue weighted by Gasteiger charge is 2.36. The number of hydrogen-bond acceptors (Lipinski definition) is 6. The van der Waals surface area contributed by atoms with Gasteiger partial charge in [0.2, 0.25) is 5.75 Å². The van der Waals surface area contributed by atoms with Crippen molar-refractivity contribution in [2.24, 2.45) is 0 Å². The van der Waals surface area contributed by atoms with Crippen LogP contribution in [0.4, 0.5) is 9.18 Å². The first kappa shape index (κ1) is 20.8. The molecular formula is C21H19FN2O6. The van der Waals surface area contributed by atoms with E-state index >= 15 is 0 Å². The van der Waals surface area contributed by atoms with Crippen LogP contribution in [0, 0.1) is 5.82 Å². The molecule has 8 nitrogen and oxygen atoms in total. The van der Waals surface area contributed by atoms with Crippen molar-refractivity contribution in [3.8, 4) is 17.2 Å². The highest BCUT2D eigenvalue weighted by Crippen LogP contribution is 2.40. The number of barbiturate groups is 1. The minimum absolute atomic E-state index is 0.126. The molecule has 1 saturated heterocycles. The van der Waals surface area contributed by atoms with E-state index in [1.165, 1.54) is 51.7 Å². The summed E-state index contributed by atoms with van der Waals surface area (Å²) in [6, 6.07) is 7.68. The van der Waals surface area contributed by atoms with Gasteiger partial charge >= 0.3 is 6.03 Å². The van der Waals surface area contributed by atoms with Gasteiger partial charge in [0.15, 0.2) is 11.5 Å². The van der Waals surface area contributed by atoms with Crippen LogP contribution in [0.3, 0.4) is 0 Å². The summed E-state index contributed by atoms with van der Waals surface area (Å²) in [7, 11) is 4.30. The lowest BCUT2D eigenvalue weighted by molar-refractivity contribution is -0.130. The zero-order chi connectivity index (χ0) is 21.8. The molecule has 0 atom stereocenters. The Labute approximate surface area is 171 Å². The molecule has 2 aromatic carbocycles. The molecule has 1 N–H and O–H groups in total. The molecule has 0 aliphatic carbocycles. The summed E-state index contributed by atoms with van der Waals surface area (Å²) in [5.41, 5.74) is 0.643. The summed E-state index contributed by atoms with van der Waals surface area (Å²) in [4.78, 5) is 38.3. The third kappa shape index (κ3) is 3.95. The molecule has 1 aliphatic rings. The van der Waals surface area contributed by atoms with E-state index in [0.717, 1.165) is 4.90 Å². The van der Waals surface area contributed by atoms with Crippen molar-refractivity contribution < 1.29 is 33.0 Å². The molecule has 3 rings (SSSR count). The monoisotopic (exact) mass is 414 g/mol. The van der Waals surface area contributed by atoms with Crippen molar-refractivity contribution in [2.75, 3.05) is 21.3 Å². The van der Waals surface area contributed by atoms with E-state index in [1.807, 2.05) is 0 Å². The highest BCUT2D eigenvalue weighted by atomic mass is 19.1. The normalized spacial score (nSPS) is 15.3. The molecular weight excluding hydrogens is 395 g/mol. The van der Waals surface area contributed by atoms with Crippen LogP contribution < -0.4 is 19.5 Å². The molecule has 0 bridgehead atoms. The minimum atomic E-state index is -0.856. The first-order valence-corrected chi connectivity index (χ1v) is 8.81. The SMILES string of the molecule is COc1ccc(/C=C2\C(=O)NC(=O)N(Cc3ccc(F)cc3)C2=O)c(OC)c1OC. The number of carbonyl (C=O) groups is 3. The van der Waals surface area contributed by atoms with Gasteiger partial charge in [0.1, 0.15) is 11.4 Å². The van der Waals surface area contributed by atoms with Crippen molar-refractivity contribution in [2.45, 2.75) is 6.54 Å². The zero-order valence-corrected chi connectivity index (χ0v) is 16.5. The fourth-order valence-electron chi connectivity index (χ4n) is 3.00. The van der Waals surface area contributed by atoms with Gasteiger partial charge in [0.05, 0.1) is 27.9 Å². The predicted molar refractivity (Wildman–Crippen MR) is 105 cm³/mol. The maximum atomic E-state index is 13.1. The van der Waals surface area contributed by atoms with Crippen LogP contribution in [-0.4, -0.2) is 44.1 Å². The van der Waals surface area contributed by atoms with Crippen LogP contribution in [0.2, 0.25) is 0 Å². The summed E-state index contributed by atoms with van der Waals surface area (Å²) in [5.74, 6) is -1.11. The molecule has 30 heavy (non-hydrogen) atoms. The smallest absolute Gasteiger partial charge is 0.331 e. The van der Waals surface area contributed by atoms with E-state index in [-0.39, 0.29) is 23.6 Å². The molecule has 0 saturated carbocycles. The summed E-state index contributed by atoms with van der Waals surface area (Å²) >= 11 is 0. The van der Waals surface area contributed by atoms with Crippen molar-refractivity contribution in [1.82, 2.24) is 10.2 Å². The Balaban J connectivity index is 1.99. The summed E-state index contributed by atoms with van der Waals surface area (Å²) in [6.45, 7) is -0.126. The van der Waals surface area contributed by atoms with Crippen molar-refractivity contribution in [3.05, 3.63) is 58.9 Å². The van der Waals surface area contributed by atoms with Gasteiger partial charge in [-0.2, -0.15) is 0 Å². The van der Waals surface area contributed by atoms with Crippen molar-refractivity contribution in [3.63, 3.8) is 0 Å². The summed E-state index contributed by atoms with van der Waals surface area (Å²) < 4.78 is 29.0. The second kappa shape index (κ2) is 8.64. The molecule has 1 heterocycles. The summed E-state index contributed by atoms with van der Waals surface area (Å²) in [6.07, 6.45) is 1.31. The maximum absolute atomic E-state index is 13.1. The van der Waals surface area contributed by atoms with Gasteiger partial charge in [0.25, 0.3) is 11.8 Å². The topological polar surface area (TPSA) is 94.2 Å². The Morgan fingerprint density at radius 1 is 0.933 bits per heavy atom. The average molecular weight is 414 g/mol. The Kier molecular flexibility index (Phi) is 6.01. The molecule has 9 heteroatoms. The molecule has 0 spiro atoms. The summed E-state index contributed by atoms with van der Waals surface area (Å²) in [5, 5.41) is 2.14. The number of ether oxygens (including phenoxy) is 3. The van der Waals surface area contributed by atoms with Crippen molar-refractivity contribution >= 4 is 23.9 Å². The molecule has 1 fully saturated rings. The third-order valence-corrected chi connectivity index (χ3v) is 4.47. The van der Waals surface area contributed by atoms with Crippen LogP contribution >= 0.6 is 0 Å². The standard InChI is InChI=1S/C21H19FN2O6/c1-28-16-9-6-13(17(29-2)18(16)30-3)10-15-19(25)23-21(27)24(20(15)26)11-12-4-7-14(22)8-5-12/h4-10H,11H2,1-3H3,(H,23,25,27)/b15-10+. The number of hydrogen-bond donors (Lipinski definition) is 1. The van der Waals surface area contributed by atoms with Gasteiger partial charge in [-0.25, -0.2) is 9.18 Å². The number of urea groups is 1. The molecule has 0 radical (unpaired) electrons. The lowest BCUT2D eigenvalue weighted by Gasteiger charge is -2.26. The lowest BCUT2D eigenvalue weighted by atomic mass is 10.0. The lowest BCUT2D eigenvalue weighted by Crippen LogP contribution is -2.53. The largest absolute Gasteiger partial charge is 0.493 e. The van der Waals surface area contributed by atoms with E-state index < -0.39 is 23.7 Å². The maximum Gasteiger partial charge on any atom is 0.331 e. The van der Waals surface area contributed by atoms with E-state index in [2.05, 4.69) is 5.32 Å². The van der Waals surface area contributed by atoms with E-state index in [4.69, 9.17) is 14.2 Å². The van der Waals surface area contributed by atoms with Gasteiger partial charge in [-0.15, -0.1) is 0 Å². The second-order valence-electron chi connectivity index (χ2n) is 6.26. The molecule has 0 unspecified atom stereocenters. The second-order valence-corrected chi connectivity index (χ2v) is 6.26. The van der Waals surface area contributed by atoms with Gasteiger partial charge in [-0.1, -0.05) is 12.1 Å². The molecule has 4 amide bonds. The molecule has 1 aliphatic heterocycles. The van der Waals surface area contributed by atoms with Crippen LogP contribution in [-0.2, 0) is 16.1 Å². The number of imide groups is 2. The Morgan fingerprint density at radius 3 is 2.20 bits per heavy atom. The zero-order valence-electron chi connectivity index (χ0n) is 16.5. The number of benzene rings is 2. The number of amides is 4. The number of carbonyl (C=O) groups excluding carboxylic acids is 3. The van der Waals surface area contributed by atoms with E-state index in [1.54, 1.807) is 12.1 Å². The Hall–Kier alpha value is -3.88. The highest BCUT2D eigenvalue weighted by molar-refractivity contribution is 6.31. The van der Waals surface area contributed by atoms with Gasteiger partial charge < -0.3 is 14.2 Å². The number of nitrogens with one attached hydrogen (secondary N) is 1. The average Bonchev–Trinajstić information content (AvgIpc) is 2.74. The van der Waals surface area contributed by atoms with Gasteiger partial charge in [-0.3, -0.25) is 19.8 Å². The third-order valence-electron chi connectivity index (χ3n) is 4.47. The number of nitrogens with zero attached hydrogens (tertiary/aromatic N) is 1. The fraction of sp³-hybridized carbons (Fsp3) is 0.190. The van der Waals surface area contributed by atoms with Gasteiger partial charge in [0, 0.05) is 5.56 Å². The van der Waals surface area contributed by atoms with Crippen molar-refractivity contribution in [1.29, 1.82) is 0 Å². The van der Waals surface area contributed by atoms with Crippen LogP contribution in [0.1, 0.15) is 11.1 Å². The Bertz CT molecular complexity index is 1030.